The smallest absolute Gasteiger partial charge is 0.336 e. The van der Waals surface area contributed by atoms with E-state index in [2.05, 4.69) is 10.2 Å². The molecule has 6 heteroatoms. The second-order valence-corrected chi connectivity index (χ2v) is 2.92. The van der Waals surface area contributed by atoms with Crippen LogP contribution in [0.1, 0.15) is 20.7 Å². The van der Waals surface area contributed by atoms with Gasteiger partial charge in [-0.2, -0.15) is 5.10 Å². The summed E-state index contributed by atoms with van der Waals surface area (Å²) in [7, 11) is 0. The summed E-state index contributed by atoms with van der Waals surface area (Å²) in [5.74, 6) is -2.46. The molecule has 1 aromatic heterocycles. The molecule has 1 aromatic carbocycles. The van der Waals surface area contributed by atoms with Crippen LogP contribution >= 0.6 is 0 Å². The Hall–Kier alpha value is -2.63. The molecule has 0 saturated carbocycles. The lowest BCUT2D eigenvalue weighted by Crippen LogP contribution is -2.06. The van der Waals surface area contributed by atoms with Crippen molar-refractivity contribution < 1.29 is 19.8 Å². The van der Waals surface area contributed by atoms with Crippen LogP contribution in [0.5, 0.6) is 0 Å². The highest BCUT2D eigenvalue weighted by Gasteiger charge is 2.13. The van der Waals surface area contributed by atoms with E-state index in [0.717, 1.165) is 0 Å². The maximum Gasteiger partial charge on any atom is 0.336 e. The van der Waals surface area contributed by atoms with Crippen LogP contribution in [0.25, 0.3) is 0 Å². The molecular formula is C11H10N2O4. The van der Waals surface area contributed by atoms with Crippen molar-refractivity contribution in [3.8, 4) is 0 Å². The van der Waals surface area contributed by atoms with Crippen molar-refractivity contribution in [1.29, 1.82) is 0 Å². The molecule has 3 N–H and O–H groups in total. The second kappa shape index (κ2) is 6.06. The molecule has 88 valence electrons. The highest BCUT2D eigenvalue weighted by Crippen LogP contribution is 2.07. The van der Waals surface area contributed by atoms with E-state index in [4.69, 9.17) is 10.2 Å². The Labute approximate surface area is 96.5 Å². The topological polar surface area (TPSA) is 103 Å². The Morgan fingerprint density at radius 2 is 1.53 bits per heavy atom. The van der Waals surface area contributed by atoms with Gasteiger partial charge in [-0.1, -0.05) is 12.1 Å². The number of rotatable bonds is 2. The number of carboxylic acid groups (broad SMARTS) is 2. The van der Waals surface area contributed by atoms with E-state index in [9.17, 15) is 9.59 Å². The van der Waals surface area contributed by atoms with Crippen molar-refractivity contribution in [3.63, 3.8) is 0 Å². The van der Waals surface area contributed by atoms with Crippen LogP contribution in [-0.4, -0.2) is 32.3 Å². The Morgan fingerprint density at radius 1 is 1.00 bits per heavy atom. The van der Waals surface area contributed by atoms with E-state index in [-0.39, 0.29) is 11.1 Å². The number of hydrogen-bond acceptors (Lipinski definition) is 3. The molecule has 0 aliphatic rings. The van der Waals surface area contributed by atoms with Crippen molar-refractivity contribution in [2.75, 3.05) is 0 Å². The highest BCUT2D eigenvalue weighted by molar-refractivity contribution is 6.01. The first-order valence-electron chi connectivity index (χ1n) is 4.62. The summed E-state index contributed by atoms with van der Waals surface area (Å²) in [6, 6.07) is 7.31. The third-order valence-corrected chi connectivity index (χ3v) is 1.79. The molecule has 0 atom stereocenters. The highest BCUT2D eigenvalue weighted by atomic mass is 16.4. The van der Waals surface area contributed by atoms with Gasteiger partial charge < -0.3 is 10.2 Å². The molecule has 0 bridgehead atoms. The molecule has 0 radical (unpaired) electrons. The van der Waals surface area contributed by atoms with Crippen LogP contribution in [0.15, 0.2) is 42.7 Å². The van der Waals surface area contributed by atoms with E-state index in [0.29, 0.717) is 0 Å². The van der Waals surface area contributed by atoms with Gasteiger partial charge in [0.15, 0.2) is 0 Å². The molecule has 2 aromatic rings. The number of nitrogens with one attached hydrogen (secondary N) is 1. The van der Waals surface area contributed by atoms with E-state index in [1.54, 1.807) is 12.4 Å². The van der Waals surface area contributed by atoms with Gasteiger partial charge in [0.25, 0.3) is 0 Å². The van der Waals surface area contributed by atoms with E-state index in [1.165, 1.54) is 24.3 Å². The fourth-order valence-electron chi connectivity index (χ4n) is 1.07. The zero-order valence-electron chi connectivity index (χ0n) is 8.70. The number of aromatic amines is 1. The summed E-state index contributed by atoms with van der Waals surface area (Å²) >= 11 is 0. The summed E-state index contributed by atoms with van der Waals surface area (Å²) < 4.78 is 0. The van der Waals surface area contributed by atoms with Crippen molar-refractivity contribution in [3.05, 3.63) is 53.9 Å². The minimum Gasteiger partial charge on any atom is -0.478 e. The van der Waals surface area contributed by atoms with Gasteiger partial charge in [-0.25, -0.2) is 9.59 Å². The number of aromatic nitrogens is 2. The molecule has 1 heterocycles. The molecule has 2 rings (SSSR count). The standard InChI is InChI=1S/C8H6O4.C3H4N2/c9-7(10)5-3-1-2-4-6(5)8(11)12;1-2-4-5-3-1/h1-4H,(H,9,10)(H,11,12);1-3H,(H,4,5). The molecule has 0 spiro atoms. The lowest BCUT2D eigenvalue weighted by molar-refractivity contribution is 0.0651. The molecule has 17 heavy (non-hydrogen) atoms. The van der Waals surface area contributed by atoms with Crippen molar-refractivity contribution in [2.24, 2.45) is 0 Å². The Kier molecular flexibility index (Phi) is 4.44. The van der Waals surface area contributed by atoms with Gasteiger partial charge in [0.05, 0.1) is 11.1 Å². The lowest BCUT2D eigenvalue weighted by Gasteiger charge is -1.98. The van der Waals surface area contributed by atoms with Crippen LogP contribution < -0.4 is 0 Å². The summed E-state index contributed by atoms with van der Waals surface area (Å²) in [4.78, 5) is 20.9. The minimum absolute atomic E-state index is 0.190. The molecule has 6 nitrogen and oxygen atoms in total. The van der Waals surface area contributed by atoms with Crippen molar-refractivity contribution in [1.82, 2.24) is 10.2 Å². The normalized spacial score (nSPS) is 8.94. The van der Waals surface area contributed by atoms with Crippen LogP contribution in [0, 0.1) is 0 Å². The van der Waals surface area contributed by atoms with Gasteiger partial charge in [0.1, 0.15) is 0 Å². The molecular weight excluding hydrogens is 224 g/mol. The molecule has 0 fully saturated rings. The van der Waals surface area contributed by atoms with Gasteiger partial charge >= 0.3 is 11.9 Å². The van der Waals surface area contributed by atoms with Crippen LogP contribution in [0.3, 0.4) is 0 Å². The van der Waals surface area contributed by atoms with Crippen molar-refractivity contribution >= 4 is 11.9 Å². The fraction of sp³-hybridized carbons (Fsp3) is 0. The van der Waals surface area contributed by atoms with Gasteiger partial charge in [-0.05, 0) is 18.2 Å². The number of carbonyl (C=O) groups is 2. The molecule has 0 aliphatic heterocycles. The number of nitrogens with zero attached hydrogens (tertiary/aromatic N) is 1. The zero-order chi connectivity index (χ0) is 12.7. The first-order valence-corrected chi connectivity index (χ1v) is 4.62. The largest absolute Gasteiger partial charge is 0.478 e. The maximum absolute atomic E-state index is 10.5. The maximum atomic E-state index is 10.5. The molecule has 0 unspecified atom stereocenters. The fourth-order valence-corrected chi connectivity index (χ4v) is 1.07. The Bertz CT molecular complexity index is 444. The number of benzene rings is 1. The van der Waals surface area contributed by atoms with Gasteiger partial charge in [-0.3, -0.25) is 5.10 Å². The monoisotopic (exact) mass is 234 g/mol. The Morgan fingerprint density at radius 3 is 1.76 bits per heavy atom. The first-order chi connectivity index (χ1) is 8.13. The van der Waals surface area contributed by atoms with E-state index >= 15 is 0 Å². The van der Waals surface area contributed by atoms with E-state index in [1.807, 2.05) is 6.07 Å². The second-order valence-electron chi connectivity index (χ2n) is 2.92. The molecule has 0 aliphatic carbocycles. The predicted molar refractivity (Wildman–Crippen MR) is 58.9 cm³/mol. The van der Waals surface area contributed by atoms with Crippen LogP contribution in [-0.2, 0) is 0 Å². The third kappa shape index (κ3) is 3.78. The minimum atomic E-state index is -1.23. The number of carboxylic acids is 2. The SMILES string of the molecule is O=C(O)c1ccccc1C(=O)O.c1cn[nH]c1. The summed E-state index contributed by atoms with van der Waals surface area (Å²) in [5.41, 5.74) is -0.380. The third-order valence-electron chi connectivity index (χ3n) is 1.79. The van der Waals surface area contributed by atoms with Crippen LogP contribution in [0.4, 0.5) is 0 Å². The first kappa shape index (κ1) is 12.4. The average Bonchev–Trinajstić information content (AvgIpc) is 2.87. The van der Waals surface area contributed by atoms with Gasteiger partial charge in [-0.15, -0.1) is 0 Å². The lowest BCUT2D eigenvalue weighted by atomic mass is 10.1. The number of H-pyrrole nitrogens is 1. The summed E-state index contributed by atoms with van der Waals surface area (Å²) in [6.07, 6.45) is 3.46. The van der Waals surface area contributed by atoms with E-state index < -0.39 is 11.9 Å². The summed E-state index contributed by atoms with van der Waals surface area (Å²) in [6.45, 7) is 0. The summed E-state index contributed by atoms with van der Waals surface area (Å²) in [5, 5.41) is 23.3. The number of hydrogen-bond donors (Lipinski definition) is 3. The zero-order valence-corrected chi connectivity index (χ0v) is 8.70. The van der Waals surface area contributed by atoms with Crippen molar-refractivity contribution in [2.45, 2.75) is 0 Å². The van der Waals surface area contributed by atoms with Crippen LogP contribution in [0.2, 0.25) is 0 Å². The molecule has 0 amide bonds. The predicted octanol–water partition coefficient (Wildman–Crippen LogP) is 1.49. The van der Waals surface area contributed by atoms with Gasteiger partial charge in [0.2, 0.25) is 0 Å². The average molecular weight is 234 g/mol. The van der Waals surface area contributed by atoms with Gasteiger partial charge in [0, 0.05) is 12.4 Å². The number of aromatic carboxylic acids is 2. The quantitative estimate of drug-likeness (QED) is 0.730. The molecule has 0 saturated heterocycles. The Balaban J connectivity index is 0.000000239.